The Morgan fingerprint density at radius 2 is 1.91 bits per heavy atom. The minimum atomic E-state index is -0.226. The number of nitrogens with zero attached hydrogens (tertiary/aromatic N) is 3. The largest absolute Gasteiger partial charge is 0.345 e. The number of carbonyl (C=O) groups excluding carboxylic acids is 2. The van der Waals surface area contributed by atoms with E-state index in [1.165, 1.54) is 11.8 Å². The van der Waals surface area contributed by atoms with Crippen LogP contribution in [0.4, 0.5) is 5.82 Å². The predicted octanol–water partition coefficient (Wildman–Crippen LogP) is 2.46. The van der Waals surface area contributed by atoms with Gasteiger partial charge in [-0.15, -0.1) is 0 Å². The van der Waals surface area contributed by atoms with Gasteiger partial charge in [0.05, 0.1) is 5.56 Å². The third-order valence-electron chi connectivity index (χ3n) is 2.87. The van der Waals surface area contributed by atoms with Gasteiger partial charge in [0.1, 0.15) is 11.0 Å². The fraction of sp³-hybridized carbons (Fsp3) is 0.200. The van der Waals surface area contributed by atoms with Crippen LogP contribution in [0.25, 0.3) is 11.1 Å². The van der Waals surface area contributed by atoms with E-state index in [2.05, 4.69) is 15.3 Å². The summed E-state index contributed by atoms with van der Waals surface area (Å²) in [6.45, 7) is 1.41. The van der Waals surface area contributed by atoms with Crippen LogP contribution < -0.4 is 5.32 Å². The van der Waals surface area contributed by atoms with E-state index in [0.29, 0.717) is 16.9 Å². The summed E-state index contributed by atoms with van der Waals surface area (Å²) in [7, 11) is 3.29. The molecule has 0 atom stereocenters. The molecule has 2 aromatic heterocycles. The first-order valence-electron chi connectivity index (χ1n) is 6.49. The standard InChI is InChI=1S/C15H15ClN4O2/c1-9(21)19-13-7-10(4-5-17-13)11-6-12(14(16)18-8-11)15(22)20(2)3/h4-8H,1-3H3,(H,17,19,21). The van der Waals surface area contributed by atoms with Crippen LogP contribution in [-0.4, -0.2) is 40.8 Å². The van der Waals surface area contributed by atoms with Crippen molar-refractivity contribution in [3.63, 3.8) is 0 Å². The van der Waals surface area contributed by atoms with Crippen molar-refractivity contribution < 1.29 is 9.59 Å². The minimum Gasteiger partial charge on any atom is -0.345 e. The molecule has 2 amide bonds. The molecule has 0 saturated heterocycles. The van der Waals surface area contributed by atoms with Crippen molar-refractivity contribution in [1.29, 1.82) is 0 Å². The van der Waals surface area contributed by atoms with Crippen LogP contribution in [0.2, 0.25) is 5.15 Å². The molecule has 0 aromatic carbocycles. The molecule has 0 aliphatic heterocycles. The molecular weight excluding hydrogens is 304 g/mol. The van der Waals surface area contributed by atoms with Gasteiger partial charge >= 0.3 is 0 Å². The normalized spacial score (nSPS) is 10.2. The number of pyridine rings is 2. The molecule has 0 fully saturated rings. The number of amides is 2. The second-order valence-electron chi connectivity index (χ2n) is 4.87. The fourth-order valence-corrected chi connectivity index (χ4v) is 2.04. The molecule has 0 unspecified atom stereocenters. The zero-order valence-electron chi connectivity index (χ0n) is 12.4. The third-order valence-corrected chi connectivity index (χ3v) is 3.17. The lowest BCUT2D eigenvalue weighted by molar-refractivity contribution is -0.114. The number of hydrogen-bond acceptors (Lipinski definition) is 4. The molecule has 1 N–H and O–H groups in total. The van der Waals surface area contributed by atoms with Crippen molar-refractivity contribution in [2.75, 3.05) is 19.4 Å². The van der Waals surface area contributed by atoms with Crippen molar-refractivity contribution >= 4 is 29.2 Å². The molecular formula is C15H15ClN4O2. The molecule has 0 aliphatic rings. The van der Waals surface area contributed by atoms with Gasteiger partial charge in [-0.05, 0) is 23.8 Å². The molecule has 114 valence electrons. The number of aromatic nitrogens is 2. The Labute approximate surface area is 133 Å². The molecule has 0 aliphatic carbocycles. The van der Waals surface area contributed by atoms with Crippen LogP contribution >= 0.6 is 11.6 Å². The predicted molar refractivity (Wildman–Crippen MR) is 84.8 cm³/mol. The van der Waals surface area contributed by atoms with Gasteiger partial charge in [0.15, 0.2) is 0 Å². The summed E-state index contributed by atoms with van der Waals surface area (Å²) in [5.74, 6) is -0.00159. The number of hydrogen-bond donors (Lipinski definition) is 1. The van der Waals surface area contributed by atoms with Gasteiger partial charge in [-0.1, -0.05) is 11.6 Å². The van der Waals surface area contributed by atoms with Gasteiger partial charge in [-0.25, -0.2) is 9.97 Å². The average Bonchev–Trinajstić information content (AvgIpc) is 2.46. The smallest absolute Gasteiger partial charge is 0.256 e. The fourth-order valence-electron chi connectivity index (χ4n) is 1.86. The summed E-state index contributed by atoms with van der Waals surface area (Å²) in [5.41, 5.74) is 1.81. The topological polar surface area (TPSA) is 75.2 Å². The van der Waals surface area contributed by atoms with Crippen molar-refractivity contribution in [2.24, 2.45) is 0 Å². The summed E-state index contributed by atoms with van der Waals surface area (Å²) in [5, 5.41) is 2.76. The number of anilines is 1. The summed E-state index contributed by atoms with van der Waals surface area (Å²) < 4.78 is 0. The highest BCUT2D eigenvalue weighted by Gasteiger charge is 2.15. The Morgan fingerprint density at radius 1 is 1.18 bits per heavy atom. The first kappa shape index (κ1) is 15.9. The van der Waals surface area contributed by atoms with Crippen molar-refractivity contribution in [1.82, 2.24) is 14.9 Å². The molecule has 0 spiro atoms. The van der Waals surface area contributed by atoms with E-state index in [9.17, 15) is 9.59 Å². The SMILES string of the molecule is CC(=O)Nc1cc(-c2cnc(Cl)c(C(=O)N(C)C)c2)ccn1. The lowest BCUT2D eigenvalue weighted by atomic mass is 10.1. The maximum absolute atomic E-state index is 12.1. The molecule has 0 radical (unpaired) electrons. The summed E-state index contributed by atoms with van der Waals surface area (Å²) in [6.07, 6.45) is 3.14. The van der Waals surface area contributed by atoms with E-state index in [-0.39, 0.29) is 17.0 Å². The molecule has 2 rings (SSSR count). The van der Waals surface area contributed by atoms with Crippen molar-refractivity contribution in [3.8, 4) is 11.1 Å². The number of carbonyl (C=O) groups is 2. The lowest BCUT2D eigenvalue weighted by Crippen LogP contribution is -2.22. The van der Waals surface area contributed by atoms with Crippen molar-refractivity contribution in [2.45, 2.75) is 6.92 Å². The van der Waals surface area contributed by atoms with E-state index in [1.807, 2.05) is 0 Å². The third kappa shape index (κ3) is 3.59. The molecule has 2 heterocycles. The first-order chi connectivity index (χ1) is 10.4. The second-order valence-corrected chi connectivity index (χ2v) is 5.23. The first-order valence-corrected chi connectivity index (χ1v) is 6.87. The quantitative estimate of drug-likeness (QED) is 0.882. The van der Waals surface area contributed by atoms with E-state index < -0.39 is 0 Å². The van der Waals surface area contributed by atoms with Gasteiger partial charge in [0, 0.05) is 39.0 Å². The van der Waals surface area contributed by atoms with E-state index in [1.54, 1.807) is 44.7 Å². The Bertz CT molecular complexity index is 731. The van der Waals surface area contributed by atoms with Gasteiger partial charge in [0.25, 0.3) is 5.91 Å². The minimum absolute atomic E-state index is 0.151. The van der Waals surface area contributed by atoms with Gasteiger partial charge in [0.2, 0.25) is 5.91 Å². The van der Waals surface area contributed by atoms with Gasteiger partial charge < -0.3 is 10.2 Å². The number of rotatable bonds is 3. The van der Waals surface area contributed by atoms with Gasteiger partial charge in [-0.2, -0.15) is 0 Å². The molecule has 7 heteroatoms. The van der Waals surface area contributed by atoms with Crippen LogP contribution in [0, 0.1) is 0 Å². The highest BCUT2D eigenvalue weighted by molar-refractivity contribution is 6.32. The second kappa shape index (κ2) is 6.53. The van der Waals surface area contributed by atoms with Crippen LogP contribution in [0.5, 0.6) is 0 Å². The van der Waals surface area contributed by atoms with Crippen LogP contribution in [-0.2, 0) is 4.79 Å². The summed E-state index contributed by atoms with van der Waals surface area (Å²) in [6, 6.07) is 5.14. The molecule has 0 saturated carbocycles. The van der Waals surface area contributed by atoms with Crippen LogP contribution in [0.15, 0.2) is 30.6 Å². The Hall–Kier alpha value is -2.47. The average molecular weight is 319 g/mol. The van der Waals surface area contributed by atoms with Crippen molar-refractivity contribution in [3.05, 3.63) is 41.3 Å². The highest BCUT2D eigenvalue weighted by Crippen LogP contribution is 2.25. The monoisotopic (exact) mass is 318 g/mol. The van der Waals surface area contributed by atoms with E-state index >= 15 is 0 Å². The maximum atomic E-state index is 12.1. The van der Waals surface area contributed by atoms with Crippen LogP contribution in [0.1, 0.15) is 17.3 Å². The molecule has 0 bridgehead atoms. The Balaban J connectivity index is 2.43. The zero-order valence-corrected chi connectivity index (χ0v) is 13.2. The van der Waals surface area contributed by atoms with E-state index in [0.717, 1.165) is 5.56 Å². The Morgan fingerprint density at radius 3 is 2.55 bits per heavy atom. The van der Waals surface area contributed by atoms with Crippen LogP contribution in [0.3, 0.4) is 0 Å². The summed E-state index contributed by atoms with van der Waals surface area (Å²) in [4.78, 5) is 32.7. The maximum Gasteiger partial charge on any atom is 0.256 e. The van der Waals surface area contributed by atoms with Gasteiger partial charge in [-0.3, -0.25) is 9.59 Å². The molecule has 6 nitrogen and oxygen atoms in total. The van der Waals surface area contributed by atoms with E-state index in [4.69, 9.17) is 11.6 Å². The molecule has 2 aromatic rings. The summed E-state index contributed by atoms with van der Waals surface area (Å²) >= 11 is 5.99. The number of halogens is 1. The molecule has 22 heavy (non-hydrogen) atoms. The zero-order chi connectivity index (χ0) is 16.3. The Kier molecular flexibility index (Phi) is 4.72. The lowest BCUT2D eigenvalue weighted by Gasteiger charge is -2.12. The highest BCUT2D eigenvalue weighted by atomic mass is 35.5. The number of nitrogens with one attached hydrogen (secondary N) is 1.